The lowest BCUT2D eigenvalue weighted by molar-refractivity contribution is 0.0937. The maximum Gasteiger partial charge on any atom is 0.252 e. The quantitative estimate of drug-likeness (QED) is 0.536. The number of nitrogens with one attached hydrogen (secondary N) is 1. The minimum absolute atomic E-state index is 0.0695. The van der Waals surface area contributed by atoms with Gasteiger partial charge in [-0.15, -0.1) is 0 Å². The number of carbonyl (C=O) groups excluding carboxylic acids is 1. The van der Waals surface area contributed by atoms with Crippen LogP contribution in [0.3, 0.4) is 0 Å². The van der Waals surface area contributed by atoms with E-state index in [1.165, 1.54) is 0 Å². The van der Waals surface area contributed by atoms with E-state index in [9.17, 15) is 4.79 Å². The van der Waals surface area contributed by atoms with E-state index in [0.717, 1.165) is 33.7 Å². The standard InChI is InChI=1S/C23H26N6O/c1-15-10-11-28(26-15)13-17(3)25-23(30)20-12-16(2)24-22-21(20)18(4)27-29(22)14-19-8-6-5-7-9-19/h5-12,17H,13-14H2,1-4H3,(H,25,30)/t17-/m1/s1. The zero-order chi connectivity index (χ0) is 21.3. The molecule has 0 saturated carbocycles. The summed E-state index contributed by atoms with van der Waals surface area (Å²) >= 11 is 0. The van der Waals surface area contributed by atoms with Gasteiger partial charge in [-0.05, 0) is 45.4 Å². The van der Waals surface area contributed by atoms with Crippen molar-refractivity contribution in [1.82, 2.24) is 29.9 Å². The van der Waals surface area contributed by atoms with Gasteiger partial charge in [0.15, 0.2) is 5.65 Å². The van der Waals surface area contributed by atoms with Crippen molar-refractivity contribution in [3.8, 4) is 0 Å². The summed E-state index contributed by atoms with van der Waals surface area (Å²) in [5, 5.41) is 13.0. The fraction of sp³-hybridized carbons (Fsp3) is 0.304. The van der Waals surface area contributed by atoms with Crippen molar-refractivity contribution in [2.75, 3.05) is 0 Å². The molecular weight excluding hydrogens is 376 g/mol. The third kappa shape index (κ3) is 4.10. The van der Waals surface area contributed by atoms with Gasteiger partial charge in [-0.1, -0.05) is 30.3 Å². The summed E-state index contributed by atoms with van der Waals surface area (Å²) < 4.78 is 3.72. The van der Waals surface area contributed by atoms with Crippen LogP contribution < -0.4 is 5.32 Å². The number of benzene rings is 1. The molecule has 1 N–H and O–H groups in total. The number of hydrogen-bond acceptors (Lipinski definition) is 4. The predicted molar refractivity (Wildman–Crippen MR) is 116 cm³/mol. The number of rotatable bonds is 6. The molecule has 1 atom stereocenters. The fourth-order valence-corrected chi connectivity index (χ4v) is 3.72. The molecule has 0 saturated heterocycles. The molecule has 7 heteroatoms. The number of fused-ring (bicyclic) bond motifs is 1. The number of carbonyl (C=O) groups is 1. The first-order valence-electron chi connectivity index (χ1n) is 10.1. The van der Waals surface area contributed by atoms with Gasteiger partial charge in [0.2, 0.25) is 0 Å². The van der Waals surface area contributed by atoms with Crippen molar-refractivity contribution in [2.45, 2.75) is 46.8 Å². The number of aryl methyl sites for hydroxylation is 3. The molecule has 0 spiro atoms. The lowest BCUT2D eigenvalue weighted by atomic mass is 10.1. The Balaban J connectivity index is 1.62. The second-order valence-corrected chi connectivity index (χ2v) is 7.79. The molecule has 4 aromatic rings. The highest BCUT2D eigenvalue weighted by atomic mass is 16.1. The van der Waals surface area contributed by atoms with Crippen LogP contribution in [0.25, 0.3) is 11.0 Å². The molecule has 30 heavy (non-hydrogen) atoms. The third-order valence-electron chi connectivity index (χ3n) is 5.04. The molecule has 0 aliphatic carbocycles. The molecule has 7 nitrogen and oxygen atoms in total. The molecule has 4 rings (SSSR count). The smallest absolute Gasteiger partial charge is 0.252 e. The number of aromatic nitrogens is 5. The van der Waals surface area contributed by atoms with Crippen LogP contribution in [0.4, 0.5) is 0 Å². The molecule has 3 aromatic heterocycles. The first kappa shape index (κ1) is 19.8. The summed E-state index contributed by atoms with van der Waals surface area (Å²) in [6.45, 7) is 8.98. The van der Waals surface area contributed by atoms with Crippen LogP contribution in [0.2, 0.25) is 0 Å². The van der Waals surface area contributed by atoms with Crippen LogP contribution in [0.1, 0.15) is 39.9 Å². The average Bonchev–Trinajstić information content (AvgIpc) is 3.24. The van der Waals surface area contributed by atoms with E-state index in [-0.39, 0.29) is 11.9 Å². The Kier molecular flexibility index (Phi) is 5.35. The van der Waals surface area contributed by atoms with Crippen LogP contribution >= 0.6 is 0 Å². The molecule has 3 heterocycles. The summed E-state index contributed by atoms with van der Waals surface area (Å²) in [6, 6.07) is 13.9. The van der Waals surface area contributed by atoms with Crippen LogP contribution in [0.5, 0.6) is 0 Å². The molecule has 0 aliphatic rings. The summed E-state index contributed by atoms with van der Waals surface area (Å²) in [6.07, 6.45) is 1.92. The minimum atomic E-state index is -0.121. The average molecular weight is 403 g/mol. The van der Waals surface area contributed by atoms with Gasteiger partial charge in [-0.25, -0.2) is 9.67 Å². The molecule has 0 bridgehead atoms. The van der Waals surface area contributed by atoms with E-state index in [1.807, 2.05) is 73.6 Å². The lowest BCUT2D eigenvalue weighted by Gasteiger charge is -2.15. The maximum absolute atomic E-state index is 13.1. The largest absolute Gasteiger partial charge is 0.348 e. The molecular formula is C23H26N6O. The molecule has 1 aromatic carbocycles. The van der Waals surface area contributed by atoms with Crippen molar-refractivity contribution >= 4 is 16.9 Å². The monoisotopic (exact) mass is 402 g/mol. The summed E-state index contributed by atoms with van der Waals surface area (Å²) in [4.78, 5) is 17.8. The highest BCUT2D eigenvalue weighted by Crippen LogP contribution is 2.23. The van der Waals surface area contributed by atoms with E-state index >= 15 is 0 Å². The van der Waals surface area contributed by atoms with Gasteiger partial charge in [0.05, 0.1) is 35.4 Å². The van der Waals surface area contributed by atoms with Crippen LogP contribution in [0.15, 0.2) is 48.7 Å². The van der Waals surface area contributed by atoms with Gasteiger partial charge < -0.3 is 5.32 Å². The van der Waals surface area contributed by atoms with Crippen molar-refractivity contribution in [3.63, 3.8) is 0 Å². The van der Waals surface area contributed by atoms with E-state index < -0.39 is 0 Å². The summed E-state index contributed by atoms with van der Waals surface area (Å²) in [5.74, 6) is -0.121. The topological polar surface area (TPSA) is 77.6 Å². The molecule has 0 fully saturated rings. The Morgan fingerprint density at radius 3 is 2.53 bits per heavy atom. The van der Waals surface area contributed by atoms with E-state index in [1.54, 1.807) is 0 Å². The highest BCUT2D eigenvalue weighted by molar-refractivity contribution is 6.06. The Labute approximate surface area is 175 Å². The van der Waals surface area contributed by atoms with Gasteiger partial charge >= 0.3 is 0 Å². The van der Waals surface area contributed by atoms with E-state index in [2.05, 4.69) is 27.6 Å². The Morgan fingerprint density at radius 1 is 1.07 bits per heavy atom. The third-order valence-corrected chi connectivity index (χ3v) is 5.04. The molecule has 0 unspecified atom stereocenters. The van der Waals surface area contributed by atoms with Crippen LogP contribution in [-0.4, -0.2) is 36.5 Å². The van der Waals surface area contributed by atoms with Gasteiger partial charge in [0.25, 0.3) is 5.91 Å². The van der Waals surface area contributed by atoms with Crippen molar-refractivity contribution in [2.24, 2.45) is 0 Å². The lowest BCUT2D eigenvalue weighted by Crippen LogP contribution is -2.36. The number of nitrogens with zero attached hydrogens (tertiary/aromatic N) is 5. The van der Waals surface area contributed by atoms with E-state index in [0.29, 0.717) is 18.7 Å². The first-order chi connectivity index (χ1) is 14.4. The number of pyridine rings is 1. The Morgan fingerprint density at radius 2 is 1.83 bits per heavy atom. The predicted octanol–water partition coefficient (Wildman–Crippen LogP) is 3.42. The molecule has 0 aliphatic heterocycles. The second kappa shape index (κ2) is 8.10. The number of hydrogen-bond donors (Lipinski definition) is 1. The zero-order valence-corrected chi connectivity index (χ0v) is 17.8. The Hall–Kier alpha value is -3.48. The molecule has 0 radical (unpaired) electrons. The highest BCUT2D eigenvalue weighted by Gasteiger charge is 2.20. The van der Waals surface area contributed by atoms with Gasteiger partial charge in [0, 0.05) is 17.9 Å². The maximum atomic E-state index is 13.1. The van der Waals surface area contributed by atoms with Crippen LogP contribution in [-0.2, 0) is 13.1 Å². The second-order valence-electron chi connectivity index (χ2n) is 7.79. The van der Waals surface area contributed by atoms with Gasteiger partial charge in [0.1, 0.15) is 0 Å². The first-order valence-corrected chi connectivity index (χ1v) is 10.1. The Bertz CT molecular complexity index is 1190. The normalized spacial score (nSPS) is 12.3. The SMILES string of the molecule is Cc1cc(C(=O)N[C@H](C)Cn2ccc(C)n2)c2c(C)nn(Cc3ccccc3)c2n1. The zero-order valence-electron chi connectivity index (χ0n) is 17.8. The molecule has 1 amide bonds. The summed E-state index contributed by atoms with van der Waals surface area (Å²) in [5.41, 5.74) is 5.03. The van der Waals surface area contributed by atoms with E-state index in [4.69, 9.17) is 4.98 Å². The molecule has 154 valence electrons. The van der Waals surface area contributed by atoms with Crippen molar-refractivity contribution in [3.05, 3.63) is 76.9 Å². The van der Waals surface area contributed by atoms with Crippen molar-refractivity contribution < 1.29 is 4.79 Å². The van der Waals surface area contributed by atoms with Crippen molar-refractivity contribution in [1.29, 1.82) is 0 Å². The fourth-order valence-electron chi connectivity index (χ4n) is 3.72. The van der Waals surface area contributed by atoms with Gasteiger partial charge in [-0.2, -0.15) is 10.2 Å². The summed E-state index contributed by atoms with van der Waals surface area (Å²) in [7, 11) is 0. The minimum Gasteiger partial charge on any atom is -0.348 e. The van der Waals surface area contributed by atoms with Crippen LogP contribution in [0, 0.1) is 20.8 Å². The van der Waals surface area contributed by atoms with Gasteiger partial charge in [-0.3, -0.25) is 9.48 Å². The number of amides is 1.